The molecule has 1 aromatic rings. The number of nitrogens with zero attached hydrogens (tertiary/aromatic N) is 3. The summed E-state index contributed by atoms with van der Waals surface area (Å²) in [5, 5.41) is 13.0. The maximum Gasteiger partial charge on any atom is 0.248 e. The number of halogens is 1. The highest BCUT2D eigenvalue weighted by Crippen LogP contribution is 2.41. The molecule has 1 aromatic carbocycles. The summed E-state index contributed by atoms with van der Waals surface area (Å²) < 4.78 is 0. The van der Waals surface area contributed by atoms with Gasteiger partial charge in [0, 0.05) is 62.6 Å². The summed E-state index contributed by atoms with van der Waals surface area (Å²) in [7, 11) is 0. The smallest absolute Gasteiger partial charge is 0.248 e. The Morgan fingerprint density at radius 1 is 1.17 bits per heavy atom. The molecule has 3 saturated heterocycles. The van der Waals surface area contributed by atoms with Gasteiger partial charge in [0.05, 0.1) is 5.41 Å². The number of carbonyl (C=O) groups excluding carboxylic acids is 2. The van der Waals surface area contributed by atoms with Crippen molar-refractivity contribution in [2.24, 2.45) is 5.41 Å². The highest BCUT2D eigenvalue weighted by molar-refractivity contribution is 6.30. The number of piperazine rings is 1. The van der Waals surface area contributed by atoms with Crippen LogP contribution in [0, 0.1) is 5.41 Å². The van der Waals surface area contributed by atoms with E-state index in [1.165, 1.54) is 5.69 Å². The second kappa shape index (κ2) is 9.12. The van der Waals surface area contributed by atoms with E-state index in [4.69, 9.17) is 16.7 Å². The molecular formula is C22H31ClN4O3. The van der Waals surface area contributed by atoms with Gasteiger partial charge in [-0.2, -0.15) is 0 Å². The van der Waals surface area contributed by atoms with Gasteiger partial charge in [0.25, 0.3) is 0 Å². The van der Waals surface area contributed by atoms with Gasteiger partial charge in [0.1, 0.15) is 6.61 Å². The number of rotatable bonds is 5. The number of piperidine rings is 1. The Kier molecular flexibility index (Phi) is 6.51. The molecule has 1 spiro atoms. The van der Waals surface area contributed by atoms with E-state index in [0.29, 0.717) is 25.9 Å². The lowest BCUT2D eigenvalue weighted by Crippen LogP contribution is -2.47. The Bertz CT molecular complexity index is 773. The Balaban J connectivity index is 1.22. The molecular weight excluding hydrogens is 404 g/mol. The summed E-state index contributed by atoms with van der Waals surface area (Å²) in [6, 6.07) is 8.23. The van der Waals surface area contributed by atoms with E-state index in [1.54, 1.807) is 4.90 Å². The minimum atomic E-state index is -0.452. The number of hydrogen-bond donors (Lipinski definition) is 2. The van der Waals surface area contributed by atoms with Crippen molar-refractivity contribution in [2.75, 3.05) is 57.3 Å². The average molecular weight is 435 g/mol. The number of likely N-dealkylation sites (tertiary alicyclic amines) is 1. The van der Waals surface area contributed by atoms with E-state index < -0.39 is 6.61 Å². The average Bonchev–Trinajstić information content (AvgIpc) is 3.07. The van der Waals surface area contributed by atoms with E-state index in [0.717, 1.165) is 50.6 Å². The van der Waals surface area contributed by atoms with Crippen LogP contribution < -0.4 is 10.2 Å². The van der Waals surface area contributed by atoms with Gasteiger partial charge in [-0.1, -0.05) is 17.7 Å². The fourth-order valence-electron chi connectivity index (χ4n) is 5.08. The van der Waals surface area contributed by atoms with Crippen LogP contribution in [0.2, 0.25) is 5.02 Å². The first-order chi connectivity index (χ1) is 14.5. The lowest BCUT2D eigenvalue weighted by atomic mass is 9.75. The molecule has 0 aliphatic carbocycles. The Labute approximate surface area is 183 Å². The number of anilines is 1. The topological polar surface area (TPSA) is 76.1 Å². The minimum absolute atomic E-state index is 0.148. The van der Waals surface area contributed by atoms with Gasteiger partial charge < -0.3 is 20.2 Å². The molecule has 4 rings (SSSR count). The van der Waals surface area contributed by atoms with Crippen LogP contribution >= 0.6 is 11.6 Å². The normalized spacial score (nSPS) is 24.3. The molecule has 1 atom stereocenters. The summed E-state index contributed by atoms with van der Waals surface area (Å²) in [6.07, 6.45) is 3.21. The molecule has 0 unspecified atom stereocenters. The molecule has 2 N–H and O–H groups in total. The van der Waals surface area contributed by atoms with Crippen molar-refractivity contribution >= 4 is 29.1 Å². The van der Waals surface area contributed by atoms with Gasteiger partial charge in [-0.25, -0.2) is 0 Å². The molecule has 3 fully saturated rings. The van der Waals surface area contributed by atoms with Gasteiger partial charge in [-0.05, 0) is 43.9 Å². The maximum absolute atomic E-state index is 12.7. The first-order valence-corrected chi connectivity index (χ1v) is 11.3. The molecule has 0 radical (unpaired) electrons. The monoisotopic (exact) mass is 434 g/mol. The fraction of sp³-hybridized carbons (Fsp3) is 0.636. The van der Waals surface area contributed by atoms with Gasteiger partial charge in [-0.15, -0.1) is 0 Å². The van der Waals surface area contributed by atoms with Crippen LogP contribution in [0.25, 0.3) is 0 Å². The molecule has 8 heteroatoms. The number of carbonyl (C=O) groups is 2. The van der Waals surface area contributed by atoms with E-state index in [1.807, 2.05) is 18.2 Å². The van der Waals surface area contributed by atoms with Crippen LogP contribution in [0.5, 0.6) is 0 Å². The number of nitrogens with one attached hydrogen (secondary N) is 1. The van der Waals surface area contributed by atoms with Crippen LogP contribution in [0.4, 0.5) is 5.69 Å². The SMILES string of the molecule is O=C(CO)N1CCC2(CC1)C[C@H](CCN1CCN(c3cccc(Cl)c3)CC1)NC2=O. The van der Waals surface area contributed by atoms with Crippen LogP contribution in [-0.4, -0.2) is 85.2 Å². The quantitative estimate of drug-likeness (QED) is 0.731. The largest absolute Gasteiger partial charge is 0.387 e. The molecule has 0 bridgehead atoms. The molecule has 0 saturated carbocycles. The summed E-state index contributed by atoms with van der Waals surface area (Å²) >= 11 is 6.12. The minimum Gasteiger partial charge on any atom is -0.387 e. The molecule has 7 nitrogen and oxygen atoms in total. The lowest BCUT2D eigenvalue weighted by molar-refractivity contribution is -0.140. The van der Waals surface area contributed by atoms with E-state index in [-0.39, 0.29) is 23.3 Å². The number of hydrogen-bond acceptors (Lipinski definition) is 5. The third kappa shape index (κ3) is 4.58. The fourth-order valence-corrected chi connectivity index (χ4v) is 5.27. The van der Waals surface area contributed by atoms with Gasteiger partial charge >= 0.3 is 0 Å². The zero-order valence-electron chi connectivity index (χ0n) is 17.4. The standard InChI is InChI=1S/C22H31ClN4O3/c23-17-2-1-3-19(14-17)26-12-10-25(11-13-26)7-4-18-15-22(21(30)24-18)5-8-27(9-6-22)20(29)16-28/h1-3,14,18,28H,4-13,15-16H2,(H,24,30)/t18-/m0/s1. The van der Waals surface area contributed by atoms with Crippen LogP contribution in [0.15, 0.2) is 24.3 Å². The molecule has 2 amide bonds. The zero-order valence-corrected chi connectivity index (χ0v) is 18.1. The van der Waals surface area contributed by atoms with Gasteiger partial charge in [0.15, 0.2) is 0 Å². The van der Waals surface area contributed by atoms with Crippen molar-refractivity contribution in [1.82, 2.24) is 15.1 Å². The molecule has 3 heterocycles. The summed E-state index contributed by atoms with van der Waals surface area (Å²) in [5.74, 6) is -0.0916. The second-order valence-corrected chi connectivity index (χ2v) is 9.23. The zero-order chi connectivity index (χ0) is 21.1. The molecule has 0 aromatic heterocycles. The third-order valence-electron chi connectivity index (χ3n) is 7.00. The number of aliphatic hydroxyl groups is 1. The highest BCUT2D eigenvalue weighted by atomic mass is 35.5. The number of aliphatic hydroxyl groups excluding tert-OH is 1. The van der Waals surface area contributed by atoms with E-state index in [2.05, 4.69) is 21.2 Å². The molecule has 3 aliphatic heterocycles. The van der Waals surface area contributed by atoms with Gasteiger partial charge in [-0.3, -0.25) is 14.5 Å². The molecule has 30 heavy (non-hydrogen) atoms. The van der Waals surface area contributed by atoms with Crippen molar-refractivity contribution in [1.29, 1.82) is 0 Å². The van der Waals surface area contributed by atoms with Gasteiger partial charge in [0.2, 0.25) is 11.8 Å². The first-order valence-electron chi connectivity index (χ1n) is 10.9. The van der Waals surface area contributed by atoms with Crippen LogP contribution in [-0.2, 0) is 9.59 Å². The number of benzene rings is 1. The number of amides is 2. The second-order valence-electron chi connectivity index (χ2n) is 8.79. The maximum atomic E-state index is 12.7. The summed E-state index contributed by atoms with van der Waals surface area (Å²) in [5.41, 5.74) is 0.848. The molecule has 3 aliphatic rings. The van der Waals surface area contributed by atoms with Crippen molar-refractivity contribution in [3.8, 4) is 0 Å². The van der Waals surface area contributed by atoms with Crippen LogP contribution in [0.1, 0.15) is 25.7 Å². The summed E-state index contributed by atoms with van der Waals surface area (Å²) in [6.45, 7) is 5.64. The van der Waals surface area contributed by atoms with Crippen molar-refractivity contribution in [2.45, 2.75) is 31.7 Å². The first kappa shape index (κ1) is 21.4. The predicted octanol–water partition coefficient (Wildman–Crippen LogP) is 1.34. The van der Waals surface area contributed by atoms with Crippen molar-refractivity contribution < 1.29 is 14.7 Å². The highest BCUT2D eigenvalue weighted by Gasteiger charge is 2.48. The summed E-state index contributed by atoms with van der Waals surface area (Å²) in [4.78, 5) is 30.9. The Morgan fingerprint density at radius 3 is 2.57 bits per heavy atom. The predicted molar refractivity (Wildman–Crippen MR) is 117 cm³/mol. The van der Waals surface area contributed by atoms with E-state index in [9.17, 15) is 9.59 Å². The van der Waals surface area contributed by atoms with Crippen LogP contribution in [0.3, 0.4) is 0 Å². The van der Waals surface area contributed by atoms with Crippen molar-refractivity contribution in [3.63, 3.8) is 0 Å². The van der Waals surface area contributed by atoms with E-state index >= 15 is 0 Å². The Hall–Kier alpha value is -1.83. The third-order valence-corrected chi connectivity index (χ3v) is 7.24. The molecule has 164 valence electrons. The lowest BCUT2D eigenvalue weighted by Gasteiger charge is -2.37. The van der Waals surface area contributed by atoms with Crippen molar-refractivity contribution in [3.05, 3.63) is 29.3 Å². The Morgan fingerprint density at radius 2 is 1.90 bits per heavy atom.